The van der Waals surface area contributed by atoms with E-state index in [1.807, 2.05) is 39.2 Å². The van der Waals surface area contributed by atoms with Crippen molar-refractivity contribution in [3.05, 3.63) is 30.6 Å². The minimum absolute atomic E-state index is 0.407. The molecule has 2 aromatic heterocycles. The molecule has 32 heavy (non-hydrogen) atoms. The molecule has 0 spiro atoms. The monoisotopic (exact) mass is 454 g/mol. The molecule has 0 bridgehead atoms. The van der Waals surface area contributed by atoms with Gasteiger partial charge in [0.2, 0.25) is 0 Å². The second kappa shape index (κ2) is 8.99. The highest BCUT2D eigenvalue weighted by molar-refractivity contribution is 8.00. The minimum atomic E-state index is -0.506. The first-order valence-electron chi connectivity index (χ1n) is 10.7. The van der Waals surface area contributed by atoms with Gasteiger partial charge >= 0.3 is 6.09 Å². The van der Waals surface area contributed by atoms with E-state index in [1.54, 1.807) is 11.8 Å². The van der Waals surface area contributed by atoms with Gasteiger partial charge in [-0.05, 0) is 53.1 Å². The Morgan fingerprint density at radius 2 is 2.03 bits per heavy atom. The van der Waals surface area contributed by atoms with Crippen molar-refractivity contribution in [2.45, 2.75) is 42.7 Å². The summed E-state index contributed by atoms with van der Waals surface area (Å²) in [5.41, 5.74) is 3.77. The molecular weight excluding hydrogens is 424 g/mol. The Balaban J connectivity index is 1.57. The van der Waals surface area contributed by atoms with Crippen LogP contribution in [0.3, 0.4) is 0 Å². The van der Waals surface area contributed by atoms with E-state index < -0.39 is 11.7 Å². The predicted molar refractivity (Wildman–Crippen MR) is 128 cm³/mol. The van der Waals surface area contributed by atoms with Crippen molar-refractivity contribution in [3.8, 4) is 11.3 Å². The van der Waals surface area contributed by atoms with Gasteiger partial charge in [-0.25, -0.2) is 4.79 Å². The number of likely N-dealkylation sites (N-methyl/N-ethyl adjacent to an activating group) is 1. The molecule has 0 aliphatic carbocycles. The second-order valence-corrected chi connectivity index (χ2v) is 10.1. The largest absolute Gasteiger partial charge is 0.444 e. The van der Waals surface area contributed by atoms with Crippen LogP contribution in [0.4, 0.5) is 10.5 Å². The Kier molecular flexibility index (Phi) is 6.30. The first-order valence-corrected chi connectivity index (χ1v) is 11.6. The number of nitrogens with one attached hydrogen (secondary N) is 2. The molecule has 1 aromatic carbocycles. The van der Waals surface area contributed by atoms with Crippen LogP contribution in [0.2, 0.25) is 0 Å². The van der Waals surface area contributed by atoms with Crippen LogP contribution in [0.15, 0.2) is 40.4 Å². The quantitative estimate of drug-likeness (QED) is 0.407. The Morgan fingerprint density at radius 3 is 2.78 bits per heavy atom. The summed E-state index contributed by atoms with van der Waals surface area (Å²) >= 11 is 1.71. The zero-order valence-electron chi connectivity index (χ0n) is 19.2. The number of fused-ring (bicyclic) bond motifs is 2. The molecule has 1 aliphatic rings. The zero-order chi connectivity index (χ0) is 22.9. The topological polar surface area (TPSA) is 84.3 Å². The molecule has 0 radical (unpaired) electrons. The Morgan fingerprint density at radius 1 is 1.22 bits per heavy atom. The fourth-order valence-electron chi connectivity index (χ4n) is 3.58. The number of hydrogen-bond acceptors (Lipinski definition) is 7. The molecule has 1 amide bonds. The van der Waals surface area contributed by atoms with Crippen LogP contribution < -0.4 is 10.6 Å². The van der Waals surface area contributed by atoms with Gasteiger partial charge in [0.25, 0.3) is 0 Å². The summed E-state index contributed by atoms with van der Waals surface area (Å²) in [6.07, 6.45) is 3.31. The lowest BCUT2D eigenvalue weighted by atomic mass is 10.1. The molecule has 2 N–H and O–H groups in total. The van der Waals surface area contributed by atoms with Crippen molar-refractivity contribution < 1.29 is 9.53 Å². The summed E-state index contributed by atoms with van der Waals surface area (Å²) in [7, 11) is 4.14. The number of alkyl carbamates (subject to hydrolysis) is 1. The van der Waals surface area contributed by atoms with Crippen LogP contribution >= 0.6 is 11.8 Å². The van der Waals surface area contributed by atoms with Crippen molar-refractivity contribution in [1.29, 1.82) is 0 Å². The van der Waals surface area contributed by atoms with Crippen molar-refractivity contribution >= 4 is 34.4 Å². The van der Waals surface area contributed by atoms with E-state index in [9.17, 15) is 4.79 Å². The smallest absolute Gasteiger partial charge is 0.407 e. The molecule has 170 valence electrons. The number of benzene rings is 1. The number of carbonyl (C=O) groups is 1. The highest BCUT2D eigenvalue weighted by atomic mass is 32.2. The van der Waals surface area contributed by atoms with E-state index >= 15 is 0 Å². The Bertz CT molecular complexity index is 1140. The number of carbonyl (C=O) groups excluding carboxylic acids is 1. The van der Waals surface area contributed by atoms with Gasteiger partial charge in [0.1, 0.15) is 11.3 Å². The third kappa shape index (κ3) is 4.83. The van der Waals surface area contributed by atoms with Crippen LogP contribution in [0.1, 0.15) is 20.8 Å². The summed E-state index contributed by atoms with van der Waals surface area (Å²) in [6.45, 7) is 8.34. The summed E-state index contributed by atoms with van der Waals surface area (Å²) in [5.74, 6) is 0. The summed E-state index contributed by atoms with van der Waals surface area (Å²) < 4.78 is 7.39. The number of nitrogens with zero attached hydrogens (tertiary/aromatic N) is 4. The SMILES string of the molecule is CN(C)CCn1nc2c3c(c(NCCNC(=O)OC(C)(C)C)ccc31)Sc1cnccc1-2. The predicted octanol–water partition coefficient (Wildman–Crippen LogP) is 4.06. The molecule has 9 heteroatoms. The molecule has 8 nitrogen and oxygen atoms in total. The number of aromatic nitrogens is 3. The maximum absolute atomic E-state index is 11.9. The molecule has 3 heterocycles. The fourth-order valence-corrected chi connectivity index (χ4v) is 4.74. The van der Waals surface area contributed by atoms with Crippen molar-refractivity contribution in [3.63, 3.8) is 0 Å². The first kappa shape index (κ1) is 22.4. The molecular formula is C23H30N6O2S. The lowest BCUT2D eigenvalue weighted by molar-refractivity contribution is 0.0530. The van der Waals surface area contributed by atoms with Gasteiger partial charge in [0, 0.05) is 58.5 Å². The van der Waals surface area contributed by atoms with E-state index in [2.05, 4.69) is 51.4 Å². The number of hydrogen-bond donors (Lipinski definition) is 2. The molecule has 0 atom stereocenters. The lowest BCUT2D eigenvalue weighted by Crippen LogP contribution is -2.35. The van der Waals surface area contributed by atoms with E-state index in [0.717, 1.165) is 50.7 Å². The highest BCUT2D eigenvalue weighted by Crippen LogP contribution is 2.50. The van der Waals surface area contributed by atoms with Gasteiger partial charge in [0.15, 0.2) is 0 Å². The molecule has 0 saturated heterocycles. The van der Waals surface area contributed by atoms with Gasteiger partial charge in [-0.2, -0.15) is 5.10 Å². The van der Waals surface area contributed by atoms with Gasteiger partial charge in [-0.3, -0.25) is 9.67 Å². The van der Waals surface area contributed by atoms with Gasteiger partial charge in [0.05, 0.1) is 12.1 Å². The third-order valence-corrected chi connectivity index (χ3v) is 6.16. The van der Waals surface area contributed by atoms with Crippen molar-refractivity contribution in [1.82, 2.24) is 25.0 Å². The molecule has 0 saturated carbocycles. The second-order valence-electron chi connectivity index (χ2n) is 9.04. The van der Waals surface area contributed by atoms with Crippen LogP contribution in [-0.2, 0) is 11.3 Å². The van der Waals surface area contributed by atoms with Gasteiger partial charge < -0.3 is 20.3 Å². The highest BCUT2D eigenvalue weighted by Gasteiger charge is 2.26. The van der Waals surface area contributed by atoms with Crippen LogP contribution in [0, 0.1) is 0 Å². The van der Waals surface area contributed by atoms with Gasteiger partial charge in [-0.1, -0.05) is 11.8 Å². The zero-order valence-corrected chi connectivity index (χ0v) is 20.0. The summed E-state index contributed by atoms with van der Waals surface area (Å²) in [4.78, 5) is 20.6. The maximum atomic E-state index is 11.9. The summed E-state index contributed by atoms with van der Waals surface area (Å²) in [5, 5.41) is 12.4. The average molecular weight is 455 g/mol. The standard InChI is InChI=1S/C23H30N6O2S/c1-23(2,3)31-22(30)26-11-10-25-16-6-7-17-19-20(27-29(17)13-12-28(4)5)15-8-9-24-14-18(15)32-21(16)19/h6-9,14,25H,10-13H2,1-5H3,(H,26,30). The molecule has 3 aromatic rings. The molecule has 0 unspecified atom stereocenters. The number of pyridine rings is 1. The van der Waals surface area contributed by atoms with Crippen molar-refractivity contribution in [2.75, 3.05) is 39.0 Å². The molecule has 0 fully saturated rings. The maximum Gasteiger partial charge on any atom is 0.407 e. The van der Waals surface area contributed by atoms with E-state index in [1.165, 1.54) is 0 Å². The van der Waals surface area contributed by atoms with E-state index in [0.29, 0.717) is 13.1 Å². The van der Waals surface area contributed by atoms with Crippen LogP contribution in [0.5, 0.6) is 0 Å². The first-order chi connectivity index (χ1) is 15.2. The third-order valence-electron chi connectivity index (χ3n) is 4.99. The van der Waals surface area contributed by atoms with Crippen molar-refractivity contribution in [2.24, 2.45) is 0 Å². The van der Waals surface area contributed by atoms with E-state index in [-0.39, 0.29) is 0 Å². The molecule has 1 aliphatic heterocycles. The normalized spacial score (nSPS) is 12.7. The minimum Gasteiger partial charge on any atom is -0.444 e. The average Bonchev–Trinajstić information content (AvgIpc) is 3.09. The fraction of sp³-hybridized carbons (Fsp3) is 0.435. The summed E-state index contributed by atoms with van der Waals surface area (Å²) in [6, 6.07) is 6.26. The number of ether oxygens (including phenoxy) is 1. The Labute approximate surface area is 192 Å². The van der Waals surface area contributed by atoms with Crippen LogP contribution in [-0.4, -0.2) is 65.1 Å². The Hall–Kier alpha value is -2.78. The number of rotatable bonds is 7. The van der Waals surface area contributed by atoms with Crippen LogP contribution in [0.25, 0.3) is 22.2 Å². The molecule has 4 rings (SSSR count). The van der Waals surface area contributed by atoms with Gasteiger partial charge in [-0.15, -0.1) is 0 Å². The number of anilines is 1. The van der Waals surface area contributed by atoms with E-state index in [4.69, 9.17) is 9.84 Å². The lowest BCUT2D eigenvalue weighted by Gasteiger charge is -2.20. The number of amides is 1.